The molecular formula is C11H14ClFO2. The fourth-order valence-electron chi connectivity index (χ4n) is 1.46. The molecule has 0 saturated heterocycles. The standard InChI is InChI=1S/C11H14ClFO2/c1-11(14,7-15-2)6-8-4-3-5-9(12)10(8)13/h3-5,14H,6-7H2,1-2H3. The maximum absolute atomic E-state index is 13.5. The molecule has 1 rings (SSSR count). The number of ether oxygens (including phenoxy) is 1. The molecule has 0 bridgehead atoms. The highest BCUT2D eigenvalue weighted by molar-refractivity contribution is 6.30. The lowest BCUT2D eigenvalue weighted by molar-refractivity contribution is -0.0166. The van der Waals surface area contributed by atoms with Gasteiger partial charge < -0.3 is 9.84 Å². The summed E-state index contributed by atoms with van der Waals surface area (Å²) in [6, 6.07) is 4.74. The first-order valence-electron chi connectivity index (χ1n) is 4.60. The fourth-order valence-corrected chi connectivity index (χ4v) is 1.65. The molecule has 2 nitrogen and oxygen atoms in total. The average molecular weight is 233 g/mol. The Morgan fingerprint density at radius 3 is 2.80 bits per heavy atom. The normalized spacial score (nSPS) is 15.0. The summed E-state index contributed by atoms with van der Waals surface area (Å²) >= 11 is 5.63. The van der Waals surface area contributed by atoms with Crippen molar-refractivity contribution in [2.24, 2.45) is 0 Å². The van der Waals surface area contributed by atoms with Gasteiger partial charge in [-0.25, -0.2) is 4.39 Å². The molecule has 0 aliphatic rings. The van der Waals surface area contributed by atoms with Gasteiger partial charge in [0.1, 0.15) is 5.82 Å². The zero-order valence-corrected chi connectivity index (χ0v) is 9.51. The Labute approximate surface area is 93.6 Å². The molecule has 1 aromatic rings. The topological polar surface area (TPSA) is 29.5 Å². The van der Waals surface area contributed by atoms with Crippen molar-refractivity contribution < 1.29 is 14.2 Å². The lowest BCUT2D eigenvalue weighted by Crippen LogP contribution is -2.33. The van der Waals surface area contributed by atoms with Crippen molar-refractivity contribution in [3.63, 3.8) is 0 Å². The van der Waals surface area contributed by atoms with Gasteiger partial charge >= 0.3 is 0 Å². The Bertz CT molecular complexity index is 339. The number of methoxy groups -OCH3 is 1. The van der Waals surface area contributed by atoms with Gasteiger partial charge in [0.25, 0.3) is 0 Å². The van der Waals surface area contributed by atoms with Crippen molar-refractivity contribution >= 4 is 11.6 Å². The highest BCUT2D eigenvalue weighted by atomic mass is 35.5. The van der Waals surface area contributed by atoms with Crippen molar-refractivity contribution in [3.8, 4) is 0 Å². The molecule has 1 aromatic carbocycles. The number of hydrogen-bond acceptors (Lipinski definition) is 2. The van der Waals surface area contributed by atoms with Gasteiger partial charge in [0.05, 0.1) is 17.2 Å². The number of aliphatic hydroxyl groups is 1. The van der Waals surface area contributed by atoms with E-state index in [9.17, 15) is 9.50 Å². The third-order valence-corrected chi connectivity index (χ3v) is 2.35. The third-order valence-electron chi connectivity index (χ3n) is 2.06. The molecule has 0 heterocycles. The largest absolute Gasteiger partial charge is 0.387 e. The van der Waals surface area contributed by atoms with Crippen LogP contribution in [0.15, 0.2) is 18.2 Å². The van der Waals surface area contributed by atoms with E-state index in [0.717, 1.165) is 0 Å². The highest BCUT2D eigenvalue weighted by Crippen LogP contribution is 2.22. The van der Waals surface area contributed by atoms with Crippen molar-refractivity contribution in [3.05, 3.63) is 34.6 Å². The average Bonchev–Trinajstić information content (AvgIpc) is 2.12. The summed E-state index contributed by atoms with van der Waals surface area (Å²) in [6.45, 7) is 1.75. The van der Waals surface area contributed by atoms with Crippen molar-refractivity contribution in [1.82, 2.24) is 0 Å². The van der Waals surface area contributed by atoms with Gasteiger partial charge in [-0.3, -0.25) is 0 Å². The second kappa shape index (κ2) is 4.92. The van der Waals surface area contributed by atoms with Gasteiger partial charge in [-0.15, -0.1) is 0 Å². The van der Waals surface area contributed by atoms with E-state index in [1.807, 2.05) is 0 Å². The fraction of sp³-hybridized carbons (Fsp3) is 0.455. The second-order valence-electron chi connectivity index (χ2n) is 3.82. The highest BCUT2D eigenvalue weighted by Gasteiger charge is 2.22. The molecule has 0 spiro atoms. The van der Waals surface area contributed by atoms with E-state index in [-0.39, 0.29) is 18.1 Å². The summed E-state index contributed by atoms with van der Waals surface area (Å²) in [7, 11) is 1.49. The van der Waals surface area contributed by atoms with Crippen LogP contribution in [-0.4, -0.2) is 24.4 Å². The van der Waals surface area contributed by atoms with Crippen LogP contribution in [0, 0.1) is 5.82 Å². The van der Waals surface area contributed by atoms with Crippen molar-refractivity contribution in [2.75, 3.05) is 13.7 Å². The molecule has 1 atom stereocenters. The van der Waals surface area contributed by atoms with Crippen molar-refractivity contribution in [1.29, 1.82) is 0 Å². The van der Waals surface area contributed by atoms with E-state index in [0.29, 0.717) is 5.56 Å². The van der Waals surface area contributed by atoms with E-state index in [1.165, 1.54) is 13.2 Å². The summed E-state index contributed by atoms with van der Waals surface area (Å²) in [5.41, 5.74) is -0.690. The van der Waals surface area contributed by atoms with Crippen LogP contribution in [0.2, 0.25) is 5.02 Å². The van der Waals surface area contributed by atoms with Crippen LogP contribution in [-0.2, 0) is 11.2 Å². The van der Waals surface area contributed by atoms with E-state index >= 15 is 0 Å². The minimum absolute atomic E-state index is 0.0701. The van der Waals surface area contributed by atoms with Crippen LogP contribution in [0.25, 0.3) is 0 Å². The van der Waals surface area contributed by atoms with E-state index in [4.69, 9.17) is 16.3 Å². The van der Waals surface area contributed by atoms with Gasteiger partial charge in [0, 0.05) is 13.5 Å². The summed E-state index contributed by atoms with van der Waals surface area (Å²) in [5.74, 6) is -0.476. The van der Waals surface area contributed by atoms with Gasteiger partial charge in [-0.2, -0.15) is 0 Å². The predicted molar refractivity (Wildman–Crippen MR) is 57.6 cm³/mol. The minimum atomic E-state index is -1.08. The third kappa shape index (κ3) is 3.45. The molecule has 0 saturated carbocycles. The van der Waals surface area contributed by atoms with Crippen LogP contribution in [0.5, 0.6) is 0 Å². The number of hydrogen-bond donors (Lipinski definition) is 1. The first-order chi connectivity index (χ1) is 6.96. The molecule has 1 N–H and O–H groups in total. The number of benzene rings is 1. The maximum Gasteiger partial charge on any atom is 0.145 e. The monoisotopic (exact) mass is 232 g/mol. The Kier molecular flexibility index (Phi) is 4.08. The lowest BCUT2D eigenvalue weighted by atomic mass is 9.97. The molecule has 4 heteroatoms. The lowest BCUT2D eigenvalue weighted by Gasteiger charge is -2.22. The maximum atomic E-state index is 13.5. The molecule has 0 aliphatic heterocycles. The number of rotatable bonds is 4. The molecule has 0 aromatic heterocycles. The van der Waals surface area contributed by atoms with Gasteiger partial charge in [0.2, 0.25) is 0 Å². The molecule has 0 amide bonds. The van der Waals surface area contributed by atoms with Gasteiger partial charge in [-0.05, 0) is 18.6 Å². The van der Waals surface area contributed by atoms with Crippen LogP contribution >= 0.6 is 11.6 Å². The van der Waals surface area contributed by atoms with Gasteiger partial charge in [-0.1, -0.05) is 23.7 Å². The van der Waals surface area contributed by atoms with Crippen LogP contribution < -0.4 is 0 Å². The zero-order chi connectivity index (χ0) is 11.5. The van der Waals surface area contributed by atoms with Crippen molar-refractivity contribution in [2.45, 2.75) is 18.9 Å². The smallest absolute Gasteiger partial charge is 0.145 e. The summed E-state index contributed by atoms with van der Waals surface area (Å²) in [5, 5.41) is 9.92. The van der Waals surface area contributed by atoms with Crippen LogP contribution in [0.3, 0.4) is 0 Å². The molecular weight excluding hydrogens is 219 g/mol. The quantitative estimate of drug-likeness (QED) is 0.864. The SMILES string of the molecule is COCC(C)(O)Cc1cccc(Cl)c1F. The Hall–Kier alpha value is -0.640. The van der Waals surface area contributed by atoms with Crippen LogP contribution in [0.4, 0.5) is 4.39 Å². The Morgan fingerprint density at radius 2 is 2.20 bits per heavy atom. The van der Waals surface area contributed by atoms with E-state index in [2.05, 4.69) is 0 Å². The minimum Gasteiger partial charge on any atom is -0.387 e. The molecule has 84 valence electrons. The first-order valence-corrected chi connectivity index (χ1v) is 4.98. The molecule has 15 heavy (non-hydrogen) atoms. The van der Waals surface area contributed by atoms with Gasteiger partial charge in [0.15, 0.2) is 0 Å². The van der Waals surface area contributed by atoms with E-state index < -0.39 is 11.4 Å². The molecule has 0 aliphatic carbocycles. The first kappa shape index (κ1) is 12.4. The second-order valence-corrected chi connectivity index (χ2v) is 4.23. The Balaban J connectivity index is 2.85. The summed E-state index contributed by atoms with van der Waals surface area (Å²) < 4.78 is 18.3. The molecule has 0 fully saturated rings. The summed E-state index contributed by atoms with van der Waals surface area (Å²) in [6.07, 6.45) is 0.174. The molecule has 0 radical (unpaired) electrons. The van der Waals surface area contributed by atoms with E-state index in [1.54, 1.807) is 19.1 Å². The Morgan fingerprint density at radius 1 is 1.53 bits per heavy atom. The summed E-state index contributed by atoms with van der Waals surface area (Å²) in [4.78, 5) is 0. The zero-order valence-electron chi connectivity index (χ0n) is 8.76. The van der Waals surface area contributed by atoms with Crippen LogP contribution in [0.1, 0.15) is 12.5 Å². The molecule has 1 unspecified atom stereocenters. The number of halogens is 2. The predicted octanol–water partition coefficient (Wildman–Crippen LogP) is 2.42.